The lowest BCUT2D eigenvalue weighted by Gasteiger charge is -2.12. The highest BCUT2D eigenvalue weighted by atomic mass is 19.1. The predicted molar refractivity (Wildman–Crippen MR) is 109 cm³/mol. The first-order valence-electron chi connectivity index (χ1n) is 8.86. The van der Waals surface area contributed by atoms with Gasteiger partial charge in [-0.15, -0.1) is 0 Å². The molecule has 0 bridgehead atoms. The van der Waals surface area contributed by atoms with E-state index in [0.29, 0.717) is 17.2 Å². The zero-order chi connectivity index (χ0) is 21.7. The van der Waals surface area contributed by atoms with Crippen LogP contribution in [0.5, 0.6) is 23.0 Å². The fourth-order valence-corrected chi connectivity index (χ4v) is 2.51. The first-order valence-corrected chi connectivity index (χ1v) is 8.86. The maximum absolute atomic E-state index is 14.1. The summed E-state index contributed by atoms with van der Waals surface area (Å²) in [6, 6.07) is 11.9. The molecule has 1 heterocycles. The van der Waals surface area contributed by atoms with E-state index in [1.807, 2.05) is 0 Å². The highest BCUT2D eigenvalue weighted by Gasteiger charge is 2.11. The monoisotopic (exact) mass is 410 g/mol. The summed E-state index contributed by atoms with van der Waals surface area (Å²) >= 11 is 0. The molecule has 4 N–H and O–H groups in total. The second-order valence-electron chi connectivity index (χ2n) is 6.18. The van der Waals surface area contributed by atoms with Gasteiger partial charge >= 0.3 is 0 Å². The van der Waals surface area contributed by atoms with Gasteiger partial charge in [0.15, 0.2) is 5.75 Å². The molecule has 0 spiro atoms. The Hall–Kier alpha value is -4.14. The summed E-state index contributed by atoms with van der Waals surface area (Å²) in [5.74, 6) is -0.143. The summed E-state index contributed by atoms with van der Waals surface area (Å²) in [7, 11) is 1.51. The van der Waals surface area contributed by atoms with Gasteiger partial charge in [-0.1, -0.05) is 0 Å². The van der Waals surface area contributed by atoms with Crippen molar-refractivity contribution >= 4 is 23.2 Å². The first kappa shape index (κ1) is 20.6. The number of hydrogen-bond acceptors (Lipinski definition) is 6. The number of pyridine rings is 1. The van der Waals surface area contributed by atoms with Gasteiger partial charge < -0.3 is 25.8 Å². The van der Waals surface area contributed by atoms with Gasteiger partial charge in [-0.2, -0.15) is 0 Å². The van der Waals surface area contributed by atoms with Crippen molar-refractivity contribution in [2.24, 2.45) is 0 Å². The van der Waals surface area contributed by atoms with Gasteiger partial charge in [0, 0.05) is 38.4 Å². The lowest BCUT2D eigenvalue weighted by atomic mass is 10.2. The summed E-state index contributed by atoms with van der Waals surface area (Å²) < 4.78 is 25.6. The van der Waals surface area contributed by atoms with Crippen molar-refractivity contribution in [1.29, 1.82) is 0 Å². The number of nitrogen functional groups attached to an aromatic ring is 1. The minimum absolute atomic E-state index is 0.0458. The number of nitrogens with one attached hydrogen (secondary N) is 2. The number of ether oxygens (including phenoxy) is 2. The van der Waals surface area contributed by atoms with Crippen LogP contribution in [-0.2, 0) is 4.79 Å². The van der Waals surface area contributed by atoms with Crippen LogP contribution in [-0.4, -0.2) is 23.8 Å². The van der Waals surface area contributed by atoms with Crippen LogP contribution in [0.4, 0.5) is 15.8 Å². The maximum Gasteiger partial charge on any atom is 0.269 e. The van der Waals surface area contributed by atoms with Crippen molar-refractivity contribution in [2.45, 2.75) is 6.92 Å². The van der Waals surface area contributed by atoms with Crippen LogP contribution in [0.2, 0.25) is 0 Å². The van der Waals surface area contributed by atoms with E-state index >= 15 is 0 Å². The Balaban J connectivity index is 1.80. The molecule has 0 atom stereocenters. The number of hydrogen-bond donors (Lipinski definition) is 3. The summed E-state index contributed by atoms with van der Waals surface area (Å²) in [6.07, 6.45) is 1.45. The molecule has 0 unspecified atom stereocenters. The van der Waals surface area contributed by atoms with E-state index in [9.17, 15) is 14.0 Å². The predicted octanol–water partition coefficient (Wildman–Crippen LogP) is 3.71. The highest BCUT2D eigenvalue weighted by molar-refractivity contribution is 5.92. The Labute approximate surface area is 171 Å². The Morgan fingerprint density at radius 2 is 1.70 bits per heavy atom. The quantitative estimate of drug-likeness (QED) is 0.534. The number of anilines is 2. The smallest absolute Gasteiger partial charge is 0.269 e. The maximum atomic E-state index is 14.1. The topological polar surface area (TPSA) is 116 Å². The molecule has 3 rings (SSSR count). The molecule has 9 heteroatoms. The molecule has 2 amide bonds. The zero-order valence-electron chi connectivity index (χ0n) is 16.2. The Morgan fingerprint density at radius 1 is 1.00 bits per heavy atom. The number of carbonyl (C=O) groups excluding carboxylic acids is 2. The second-order valence-corrected chi connectivity index (χ2v) is 6.18. The van der Waals surface area contributed by atoms with Crippen LogP contribution in [0.1, 0.15) is 17.4 Å². The molecular formula is C21H19FN4O4. The van der Waals surface area contributed by atoms with Crippen LogP contribution >= 0.6 is 0 Å². The number of rotatable bonds is 6. The number of halogens is 1. The Kier molecular flexibility index (Phi) is 6.11. The van der Waals surface area contributed by atoms with Crippen molar-refractivity contribution in [3.63, 3.8) is 0 Å². The average Bonchev–Trinajstić information content (AvgIpc) is 2.72. The third kappa shape index (κ3) is 5.02. The molecule has 30 heavy (non-hydrogen) atoms. The van der Waals surface area contributed by atoms with E-state index in [2.05, 4.69) is 15.6 Å². The number of aromatic nitrogens is 1. The number of nitrogens with two attached hydrogens (primary N) is 1. The minimum atomic E-state index is -0.646. The molecule has 0 aliphatic rings. The van der Waals surface area contributed by atoms with Crippen LogP contribution in [0.3, 0.4) is 0 Å². The molecule has 0 saturated heterocycles. The van der Waals surface area contributed by atoms with E-state index in [1.165, 1.54) is 44.4 Å². The van der Waals surface area contributed by atoms with E-state index in [1.54, 1.807) is 18.2 Å². The SMILES string of the molecule is CNC(=O)c1cc(Oc2ccc(N)c(Oc3ccc(NC(C)=O)c(F)c3)c2)ccn1. The number of amides is 2. The lowest BCUT2D eigenvalue weighted by molar-refractivity contribution is -0.114. The standard InChI is InChI=1S/C21H19FN4O4/c1-12(27)26-18-6-4-13(9-16(18)22)30-20-11-14(3-5-17(20)23)29-15-7-8-25-19(10-15)21(28)24-2/h3-11H,23H2,1-2H3,(H,24,28)(H,26,27). The molecule has 154 valence electrons. The lowest BCUT2D eigenvalue weighted by Crippen LogP contribution is -2.18. The Bertz CT molecular complexity index is 1100. The summed E-state index contributed by atoms with van der Waals surface area (Å²) in [5, 5.41) is 4.87. The molecule has 0 aliphatic carbocycles. The van der Waals surface area contributed by atoms with Gasteiger partial charge in [0.25, 0.3) is 5.91 Å². The zero-order valence-corrected chi connectivity index (χ0v) is 16.2. The summed E-state index contributed by atoms with van der Waals surface area (Å²) in [5.41, 5.74) is 6.52. The van der Waals surface area contributed by atoms with Crippen LogP contribution in [0.15, 0.2) is 54.7 Å². The van der Waals surface area contributed by atoms with Crippen molar-refractivity contribution in [3.05, 3.63) is 66.2 Å². The van der Waals surface area contributed by atoms with Crippen molar-refractivity contribution in [2.75, 3.05) is 18.1 Å². The average molecular weight is 410 g/mol. The van der Waals surface area contributed by atoms with E-state index in [0.717, 1.165) is 6.07 Å². The van der Waals surface area contributed by atoms with Crippen LogP contribution in [0.25, 0.3) is 0 Å². The normalized spacial score (nSPS) is 10.2. The van der Waals surface area contributed by atoms with Crippen molar-refractivity contribution in [3.8, 4) is 23.0 Å². The number of benzene rings is 2. The third-order valence-corrected chi connectivity index (χ3v) is 3.89. The minimum Gasteiger partial charge on any atom is -0.457 e. The molecule has 3 aromatic rings. The molecule has 2 aromatic carbocycles. The van der Waals surface area contributed by atoms with Gasteiger partial charge in [-0.3, -0.25) is 14.6 Å². The van der Waals surface area contributed by atoms with Crippen molar-refractivity contribution < 1.29 is 23.5 Å². The molecule has 1 aromatic heterocycles. The first-order chi connectivity index (χ1) is 14.4. The van der Waals surface area contributed by atoms with Gasteiger partial charge in [0.05, 0.1) is 11.4 Å². The molecule has 0 radical (unpaired) electrons. The molecule has 0 saturated carbocycles. The fraction of sp³-hybridized carbons (Fsp3) is 0.0952. The van der Waals surface area contributed by atoms with E-state index < -0.39 is 5.82 Å². The van der Waals surface area contributed by atoms with Crippen LogP contribution in [0, 0.1) is 5.82 Å². The molecular weight excluding hydrogens is 391 g/mol. The number of nitrogens with zero attached hydrogens (tertiary/aromatic N) is 1. The second kappa shape index (κ2) is 8.91. The van der Waals surface area contributed by atoms with Gasteiger partial charge in [-0.05, 0) is 30.3 Å². The number of carbonyl (C=O) groups is 2. The Morgan fingerprint density at radius 3 is 2.40 bits per heavy atom. The summed E-state index contributed by atoms with van der Waals surface area (Å²) in [6.45, 7) is 1.29. The van der Waals surface area contributed by atoms with Gasteiger partial charge in [-0.25, -0.2) is 4.39 Å². The molecule has 0 fully saturated rings. The highest BCUT2D eigenvalue weighted by Crippen LogP contribution is 2.34. The van der Waals surface area contributed by atoms with E-state index in [4.69, 9.17) is 15.2 Å². The molecule has 0 aliphatic heterocycles. The third-order valence-electron chi connectivity index (χ3n) is 3.89. The fourth-order valence-electron chi connectivity index (χ4n) is 2.51. The summed E-state index contributed by atoms with van der Waals surface area (Å²) in [4.78, 5) is 26.8. The van der Waals surface area contributed by atoms with Gasteiger partial charge in [0.1, 0.15) is 28.8 Å². The van der Waals surface area contributed by atoms with Gasteiger partial charge in [0.2, 0.25) is 5.91 Å². The van der Waals surface area contributed by atoms with Crippen molar-refractivity contribution in [1.82, 2.24) is 10.3 Å². The largest absolute Gasteiger partial charge is 0.457 e. The molecule has 8 nitrogen and oxygen atoms in total. The van der Waals surface area contributed by atoms with Crippen LogP contribution < -0.4 is 25.8 Å². The van der Waals surface area contributed by atoms with E-state index in [-0.39, 0.29) is 34.7 Å².